The van der Waals surface area contributed by atoms with Gasteiger partial charge < -0.3 is 25.1 Å². The van der Waals surface area contributed by atoms with Gasteiger partial charge in [0.1, 0.15) is 22.8 Å². The zero-order valence-corrected chi connectivity index (χ0v) is 23.8. The van der Waals surface area contributed by atoms with E-state index in [2.05, 4.69) is 37.6 Å². The number of likely N-dealkylation sites (tertiary alicyclic amines) is 1. The van der Waals surface area contributed by atoms with E-state index in [1.807, 2.05) is 50.2 Å². The van der Waals surface area contributed by atoms with E-state index in [4.69, 9.17) is 26.1 Å². The van der Waals surface area contributed by atoms with Crippen molar-refractivity contribution in [3.63, 3.8) is 0 Å². The molecule has 0 bridgehead atoms. The molecule has 40 heavy (non-hydrogen) atoms. The maximum absolute atomic E-state index is 11.8. The van der Waals surface area contributed by atoms with Crippen molar-refractivity contribution in [3.8, 4) is 22.9 Å². The molecule has 210 valence electrons. The molecule has 3 N–H and O–H groups in total. The molecule has 1 fully saturated rings. The molecule has 9 nitrogen and oxygen atoms in total. The lowest BCUT2D eigenvalue weighted by molar-refractivity contribution is -0.123. The number of amides is 1. The van der Waals surface area contributed by atoms with Crippen LogP contribution in [-0.4, -0.2) is 64.6 Å². The molecule has 10 heteroatoms. The molecule has 1 aliphatic rings. The minimum Gasteiger partial charge on any atom is -0.497 e. The molecule has 0 saturated carbocycles. The van der Waals surface area contributed by atoms with E-state index in [9.17, 15) is 4.79 Å². The molecule has 1 aliphatic heterocycles. The Morgan fingerprint density at radius 1 is 1.10 bits per heavy atom. The van der Waals surface area contributed by atoms with E-state index in [1.165, 1.54) is 5.56 Å². The van der Waals surface area contributed by atoms with Gasteiger partial charge in [-0.15, -0.1) is 0 Å². The lowest BCUT2D eigenvalue weighted by atomic mass is 10.0. The van der Waals surface area contributed by atoms with Crippen LogP contribution in [0.4, 0.5) is 5.69 Å². The second-order valence-corrected chi connectivity index (χ2v) is 10.8. The zero-order chi connectivity index (χ0) is 28.1. The van der Waals surface area contributed by atoms with Crippen molar-refractivity contribution in [1.82, 2.24) is 25.2 Å². The summed E-state index contributed by atoms with van der Waals surface area (Å²) in [4.78, 5) is 26.9. The fourth-order valence-electron chi connectivity index (χ4n) is 4.86. The number of pyridine rings is 1. The lowest BCUT2D eigenvalue weighted by Gasteiger charge is -2.33. The Bertz CT molecular complexity index is 1430. The van der Waals surface area contributed by atoms with Crippen LogP contribution in [0.5, 0.6) is 11.5 Å². The van der Waals surface area contributed by atoms with Crippen LogP contribution < -0.4 is 20.1 Å². The number of anilines is 1. The number of aromatic amines is 1. The maximum atomic E-state index is 11.8. The maximum Gasteiger partial charge on any atom is 0.258 e. The van der Waals surface area contributed by atoms with Crippen molar-refractivity contribution in [3.05, 3.63) is 65.3 Å². The number of nitrogens with one attached hydrogen (secondary N) is 3. The van der Waals surface area contributed by atoms with E-state index in [0.29, 0.717) is 28.3 Å². The first-order valence-electron chi connectivity index (χ1n) is 13.6. The van der Waals surface area contributed by atoms with E-state index < -0.39 is 0 Å². The van der Waals surface area contributed by atoms with Crippen LogP contribution in [0.3, 0.4) is 0 Å². The number of hydrogen-bond acceptors (Lipinski definition) is 7. The molecule has 3 heterocycles. The number of aromatic nitrogens is 3. The lowest BCUT2D eigenvalue weighted by Crippen LogP contribution is -2.38. The van der Waals surface area contributed by atoms with Crippen LogP contribution >= 0.6 is 11.6 Å². The molecule has 1 amide bonds. The standard InChI is InChI=1S/C30H35ClN6O3/c1-19(2)33-26(38)18-40-24-10-6-21(7-11-24)29-35-28-27(25(31)16-32-30(28)36-29)34-22-12-14-37(15-13-22)17-20-4-8-23(39-3)9-5-20/h4-11,16,19,22H,12-15,17-18H2,1-3H3,(H,33,38)(H2,32,34,35,36). The smallest absolute Gasteiger partial charge is 0.258 e. The highest BCUT2D eigenvalue weighted by molar-refractivity contribution is 6.34. The SMILES string of the molecule is COc1ccc(CN2CCC(Nc3c(Cl)cnc4nc(-c5ccc(OCC(=O)NC(C)C)cc5)[nH]c34)CC2)cc1. The summed E-state index contributed by atoms with van der Waals surface area (Å²) in [7, 11) is 1.69. The van der Waals surface area contributed by atoms with Crippen LogP contribution in [0.1, 0.15) is 32.3 Å². The van der Waals surface area contributed by atoms with Gasteiger partial charge in [-0.3, -0.25) is 9.69 Å². The first-order chi connectivity index (χ1) is 19.4. The Morgan fingerprint density at radius 2 is 1.80 bits per heavy atom. The van der Waals surface area contributed by atoms with Gasteiger partial charge in [0.25, 0.3) is 5.91 Å². The molecule has 0 radical (unpaired) electrons. The predicted octanol–water partition coefficient (Wildman–Crippen LogP) is 5.27. The van der Waals surface area contributed by atoms with Crippen LogP contribution in [0, 0.1) is 0 Å². The minimum absolute atomic E-state index is 0.0278. The predicted molar refractivity (Wildman–Crippen MR) is 158 cm³/mol. The van der Waals surface area contributed by atoms with Crippen molar-refractivity contribution in [2.45, 2.75) is 45.3 Å². The molecular weight excluding hydrogens is 528 g/mol. The summed E-state index contributed by atoms with van der Waals surface area (Å²) in [6.07, 6.45) is 3.66. The van der Waals surface area contributed by atoms with Crippen LogP contribution in [0.2, 0.25) is 5.02 Å². The van der Waals surface area contributed by atoms with Crippen LogP contribution in [0.25, 0.3) is 22.6 Å². The Morgan fingerprint density at radius 3 is 2.48 bits per heavy atom. The van der Waals surface area contributed by atoms with Gasteiger partial charge in [-0.1, -0.05) is 23.7 Å². The van der Waals surface area contributed by atoms with Crippen molar-refractivity contribution >= 4 is 34.4 Å². The number of fused-ring (bicyclic) bond motifs is 1. The van der Waals surface area contributed by atoms with Crippen LogP contribution in [0.15, 0.2) is 54.7 Å². The molecule has 0 aliphatic carbocycles. The number of piperidine rings is 1. The normalized spacial score (nSPS) is 14.4. The Labute approximate surface area is 239 Å². The monoisotopic (exact) mass is 562 g/mol. The first kappa shape index (κ1) is 27.7. The molecule has 2 aromatic heterocycles. The highest BCUT2D eigenvalue weighted by Gasteiger charge is 2.22. The van der Waals surface area contributed by atoms with E-state index in [1.54, 1.807) is 13.3 Å². The fourth-order valence-corrected chi connectivity index (χ4v) is 5.06. The average Bonchev–Trinajstić information content (AvgIpc) is 3.39. The summed E-state index contributed by atoms with van der Waals surface area (Å²) in [5.74, 6) is 2.03. The van der Waals surface area contributed by atoms with Crippen LogP contribution in [-0.2, 0) is 11.3 Å². The number of carbonyl (C=O) groups excluding carboxylic acids is 1. The van der Waals surface area contributed by atoms with Crippen molar-refractivity contribution in [2.75, 3.05) is 32.1 Å². The number of ether oxygens (including phenoxy) is 2. The summed E-state index contributed by atoms with van der Waals surface area (Å²) >= 11 is 6.61. The number of methoxy groups -OCH3 is 1. The number of imidazole rings is 1. The third-order valence-electron chi connectivity index (χ3n) is 6.92. The van der Waals surface area contributed by atoms with Gasteiger partial charge in [0.05, 0.1) is 24.0 Å². The van der Waals surface area contributed by atoms with Gasteiger partial charge in [-0.2, -0.15) is 0 Å². The molecule has 5 rings (SSSR count). The topological polar surface area (TPSA) is 104 Å². The third-order valence-corrected chi connectivity index (χ3v) is 7.21. The Kier molecular flexibility index (Phi) is 8.72. The highest BCUT2D eigenvalue weighted by atomic mass is 35.5. The highest BCUT2D eigenvalue weighted by Crippen LogP contribution is 2.32. The summed E-state index contributed by atoms with van der Waals surface area (Å²) < 4.78 is 10.9. The number of rotatable bonds is 10. The Hall–Kier alpha value is -3.82. The molecule has 1 saturated heterocycles. The number of H-pyrrole nitrogens is 1. The van der Waals surface area contributed by atoms with E-state index in [-0.39, 0.29) is 18.6 Å². The second kappa shape index (κ2) is 12.6. The van der Waals surface area contributed by atoms with E-state index >= 15 is 0 Å². The van der Waals surface area contributed by atoms with Crippen molar-refractivity contribution < 1.29 is 14.3 Å². The van der Waals surface area contributed by atoms with Gasteiger partial charge in [0, 0.05) is 37.3 Å². The third kappa shape index (κ3) is 6.84. The number of hydrogen-bond donors (Lipinski definition) is 3. The summed E-state index contributed by atoms with van der Waals surface area (Å²) in [5, 5.41) is 7.03. The summed E-state index contributed by atoms with van der Waals surface area (Å²) in [5.41, 5.74) is 4.38. The number of halogens is 1. The van der Waals surface area contributed by atoms with E-state index in [0.717, 1.165) is 55.0 Å². The minimum atomic E-state index is -0.151. The van der Waals surface area contributed by atoms with Crippen molar-refractivity contribution in [2.24, 2.45) is 0 Å². The van der Waals surface area contributed by atoms with Gasteiger partial charge in [-0.05, 0) is 68.7 Å². The number of benzene rings is 2. The summed E-state index contributed by atoms with van der Waals surface area (Å²) in [6.45, 7) is 6.72. The molecule has 0 unspecified atom stereocenters. The molecule has 0 spiro atoms. The average molecular weight is 563 g/mol. The molecule has 4 aromatic rings. The number of carbonyl (C=O) groups is 1. The zero-order valence-electron chi connectivity index (χ0n) is 23.0. The largest absolute Gasteiger partial charge is 0.497 e. The second-order valence-electron chi connectivity index (χ2n) is 10.3. The Balaban J connectivity index is 1.21. The number of nitrogens with zero attached hydrogens (tertiary/aromatic N) is 3. The molecule has 2 aromatic carbocycles. The quantitative estimate of drug-likeness (QED) is 0.242. The first-order valence-corrected chi connectivity index (χ1v) is 13.9. The van der Waals surface area contributed by atoms with Gasteiger partial charge in [0.2, 0.25) is 0 Å². The van der Waals surface area contributed by atoms with Gasteiger partial charge in [-0.25, -0.2) is 9.97 Å². The van der Waals surface area contributed by atoms with Crippen molar-refractivity contribution in [1.29, 1.82) is 0 Å². The van der Waals surface area contributed by atoms with Gasteiger partial charge >= 0.3 is 0 Å². The molecule has 0 atom stereocenters. The van der Waals surface area contributed by atoms with Gasteiger partial charge in [0.15, 0.2) is 12.3 Å². The fraction of sp³-hybridized carbons (Fsp3) is 0.367. The summed E-state index contributed by atoms with van der Waals surface area (Å²) in [6, 6.07) is 16.1. The molecular formula is C30H35ClN6O3.